The van der Waals surface area contributed by atoms with Gasteiger partial charge in [0.25, 0.3) is 0 Å². The highest BCUT2D eigenvalue weighted by Gasteiger charge is 2.13. The van der Waals surface area contributed by atoms with E-state index in [1.54, 1.807) is 13.8 Å². The minimum absolute atomic E-state index is 0.175. The zero-order valence-corrected chi connectivity index (χ0v) is 10.8. The molecule has 0 radical (unpaired) electrons. The number of aromatic nitrogens is 3. The van der Waals surface area contributed by atoms with Gasteiger partial charge in [-0.15, -0.1) is 0 Å². The highest BCUT2D eigenvalue weighted by molar-refractivity contribution is 4.78. The van der Waals surface area contributed by atoms with Crippen LogP contribution in [0.4, 0.5) is 0 Å². The van der Waals surface area contributed by atoms with Crippen LogP contribution in [0, 0.1) is 5.92 Å². The van der Waals surface area contributed by atoms with Crippen LogP contribution < -0.4 is 17.1 Å². The average molecular weight is 241 g/mol. The monoisotopic (exact) mass is 241 g/mol. The first-order chi connectivity index (χ1) is 7.93. The van der Waals surface area contributed by atoms with E-state index in [1.165, 1.54) is 0 Å². The van der Waals surface area contributed by atoms with Crippen LogP contribution in [0.3, 0.4) is 0 Å². The van der Waals surface area contributed by atoms with Gasteiger partial charge in [0.05, 0.1) is 0 Å². The van der Waals surface area contributed by atoms with Gasteiger partial charge in [-0.05, 0) is 19.8 Å². The van der Waals surface area contributed by atoms with Crippen molar-refractivity contribution in [3.8, 4) is 0 Å². The van der Waals surface area contributed by atoms with Crippen molar-refractivity contribution in [3.05, 3.63) is 31.5 Å². The second-order valence-electron chi connectivity index (χ2n) is 4.34. The largest absolute Gasteiger partial charge is 0.336 e. The van der Waals surface area contributed by atoms with E-state index in [9.17, 15) is 14.4 Å². The van der Waals surface area contributed by atoms with Gasteiger partial charge in [-0.2, -0.15) is 0 Å². The Bertz CT molecular complexity index is 521. The van der Waals surface area contributed by atoms with Crippen molar-refractivity contribution in [2.45, 2.75) is 47.3 Å². The lowest BCUT2D eigenvalue weighted by atomic mass is 10.2. The predicted octanol–water partition coefficient (Wildman–Crippen LogP) is -0.133. The molecule has 0 bridgehead atoms. The van der Waals surface area contributed by atoms with Gasteiger partial charge in [-0.1, -0.05) is 13.8 Å². The van der Waals surface area contributed by atoms with E-state index in [2.05, 4.69) is 0 Å². The van der Waals surface area contributed by atoms with Crippen LogP contribution in [0.1, 0.15) is 27.7 Å². The van der Waals surface area contributed by atoms with Crippen molar-refractivity contribution < 1.29 is 0 Å². The maximum atomic E-state index is 12.0. The van der Waals surface area contributed by atoms with Crippen LogP contribution in [-0.4, -0.2) is 13.7 Å². The second kappa shape index (κ2) is 5.16. The lowest BCUT2D eigenvalue weighted by molar-refractivity contribution is 0.417. The van der Waals surface area contributed by atoms with Crippen LogP contribution in [0.2, 0.25) is 0 Å². The Morgan fingerprint density at radius 3 is 1.47 bits per heavy atom. The average Bonchev–Trinajstić information content (AvgIpc) is 2.25. The summed E-state index contributed by atoms with van der Waals surface area (Å²) in [5.74, 6) is 0.175. The Morgan fingerprint density at radius 1 is 0.824 bits per heavy atom. The summed E-state index contributed by atoms with van der Waals surface area (Å²) in [4.78, 5) is 35.7. The number of nitrogens with zero attached hydrogens (tertiary/aromatic N) is 3. The van der Waals surface area contributed by atoms with E-state index in [0.717, 1.165) is 13.7 Å². The van der Waals surface area contributed by atoms with Crippen molar-refractivity contribution in [1.29, 1.82) is 0 Å². The van der Waals surface area contributed by atoms with Gasteiger partial charge in [-0.25, -0.2) is 28.1 Å². The zero-order valence-electron chi connectivity index (χ0n) is 10.8. The van der Waals surface area contributed by atoms with Crippen LogP contribution in [0.15, 0.2) is 14.4 Å². The summed E-state index contributed by atoms with van der Waals surface area (Å²) in [5.41, 5.74) is -1.55. The first-order valence-corrected chi connectivity index (χ1v) is 5.88. The third kappa shape index (κ3) is 2.40. The molecule has 96 valence electrons. The molecule has 0 aromatic carbocycles. The Hall–Kier alpha value is -1.59. The van der Waals surface area contributed by atoms with Crippen LogP contribution >= 0.6 is 0 Å². The molecular formula is C11H19N3O3. The number of hydrogen-bond donors (Lipinski definition) is 0. The molecule has 1 aromatic heterocycles. The van der Waals surface area contributed by atoms with E-state index < -0.39 is 17.1 Å². The van der Waals surface area contributed by atoms with E-state index in [0.29, 0.717) is 6.54 Å². The standard InChI is InChI=1S/C11H19N3O3/c1-5-12-9(15)13(6-2)11(17)14(10(12)16)7-8(3)4/h8H,5-7H2,1-4H3. The summed E-state index contributed by atoms with van der Waals surface area (Å²) in [6.45, 7) is 8.15. The first kappa shape index (κ1) is 13.5. The minimum atomic E-state index is -0.523. The summed E-state index contributed by atoms with van der Waals surface area (Å²) >= 11 is 0. The highest BCUT2D eigenvalue weighted by atomic mass is 16.2. The molecule has 0 saturated heterocycles. The Labute approximate surface area is 99.1 Å². The van der Waals surface area contributed by atoms with Crippen LogP contribution in [0.25, 0.3) is 0 Å². The molecule has 0 amide bonds. The fourth-order valence-corrected chi connectivity index (χ4v) is 1.74. The molecule has 0 atom stereocenters. The summed E-state index contributed by atoms with van der Waals surface area (Å²) in [5, 5.41) is 0. The van der Waals surface area contributed by atoms with Crippen LogP contribution in [-0.2, 0) is 19.6 Å². The third-order valence-electron chi connectivity index (χ3n) is 2.57. The highest BCUT2D eigenvalue weighted by Crippen LogP contribution is 1.92. The molecule has 0 aliphatic heterocycles. The Balaban J connectivity index is 3.67. The molecular weight excluding hydrogens is 222 g/mol. The molecule has 17 heavy (non-hydrogen) atoms. The molecule has 0 unspecified atom stereocenters. The fraction of sp³-hybridized carbons (Fsp3) is 0.727. The molecule has 6 nitrogen and oxygen atoms in total. The molecule has 0 fully saturated rings. The normalized spacial score (nSPS) is 11.1. The number of hydrogen-bond acceptors (Lipinski definition) is 3. The van der Waals surface area contributed by atoms with Gasteiger partial charge in [0.2, 0.25) is 0 Å². The Kier molecular flexibility index (Phi) is 4.09. The molecule has 0 saturated carbocycles. The molecule has 1 rings (SSSR count). The molecule has 0 aliphatic rings. The Morgan fingerprint density at radius 2 is 1.18 bits per heavy atom. The lowest BCUT2D eigenvalue weighted by Crippen LogP contribution is -2.54. The zero-order chi connectivity index (χ0) is 13.2. The quantitative estimate of drug-likeness (QED) is 0.737. The van der Waals surface area contributed by atoms with E-state index in [1.807, 2.05) is 13.8 Å². The van der Waals surface area contributed by atoms with Crippen molar-refractivity contribution in [1.82, 2.24) is 13.7 Å². The first-order valence-electron chi connectivity index (χ1n) is 5.88. The van der Waals surface area contributed by atoms with Crippen molar-refractivity contribution in [2.24, 2.45) is 5.92 Å². The van der Waals surface area contributed by atoms with E-state index in [4.69, 9.17) is 0 Å². The lowest BCUT2D eigenvalue weighted by Gasteiger charge is -2.13. The maximum Gasteiger partial charge on any atom is 0.336 e. The molecule has 6 heteroatoms. The maximum absolute atomic E-state index is 12.0. The molecule has 1 aromatic rings. The van der Waals surface area contributed by atoms with E-state index >= 15 is 0 Å². The fourth-order valence-electron chi connectivity index (χ4n) is 1.74. The summed E-state index contributed by atoms with van der Waals surface area (Å²) in [6, 6.07) is 0. The summed E-state index contributed by atoms with van der Waals surface area (Å²) < 4.78 is 3.32. The molecule has 0 spiro atoms. The third-order valence-corrected chi connectivity index (χ3v) is 2.57. The summed E-state index contributed by atoms with van der Waals surface area (Å²) in [7, 11) is 0. The topological polar surface area (TPSA) is 66.0 Å². The number of rotatable bonds is 4. The van der Waals surface area contributed by atoms with Gasteiger partial charge in [0.15, 0.2) is 0 Å². The minimum Gasteiger partial charge on any atom is -0.247 e. The van der Waals surface area contributed by atoms with E-state index in [-0.39, 0.29) is 19.0 Å². The van der Waals surface area contributed by atoms with Crippen molar-refractivity contribution in [3.63, 3.8) is 0 Å². The molecule has 1 heterocycles. The smallest absolute Gasteiger partial charge is 0.247 e. The molecule has 0 aliphatic carbocycles. The van der Waals surface area contributed by atoms with Crippen molar-refractivity contribution >= 4 is 0 Å². The second-order valence-corrected chi connectivity index (χ2v) is 4.34. The van der Waals surface area contributed by atoms with Crippen LogP contribution in [0.5, 0.6) is 0 Å². The van der Waals surface area contributed by atoms with Gasteiger partial charge < -0.3 is 0 Å². The predicted molar refractivity (Wildman–Crippen MR) is 65.4 cm³/mol. The summed E-state index contributed by atoms with van der Waals surface area (Å²) in [6.07, 6.45) is 0. The van der Waals surface area contributed by atoms with Gasteiger partial charge >= 0.3 is 17.1 Å². The van der Waals surface area contributed by atoms with Gasteiger partial charge in [0, 0.05) is 19.6 Å². The van der Waals surface area contributed by atoms with Gasteiger partial charge in [0.1, 0.15) is 0 Å². The van der Waals surface area contributed by atoms with Gasteiger partial charge in [-0.3, -0.25) is 0 Å². The SMILES string of the molecule is CCn1c(=O)n(CC)c(=O)n(CC(C)C)c1=O. The van der Waals surface area contributed by atoms with Crippen molar-refractivity contribution in [2.75, 3.05) is 0 Å². The molecule has 0 N–H and O–H groups in total.